The van der Waals surface area contributed by atoms with Gasteiger partial charge in [-0.05, 0) is 67.8 Å². The molecule has 2 atom stereocenters. The van der Waals surface area contributed by atoms with Crippen molar-refractivity contribution >= 4 is 23.8 Å². The Morgan fingerprint density at radius 1 is 0.613 bits per heavy atom. The third kappa shape index (κ3) is 22.6. The summed E-state index contributed by atoms with van der Waals surface area (Å²) in [4.78, 5) is 56.0. The fraction of sp³-hybridized carbons (Fsp3) is 0.273. The SMILES string of the molecule is C.C=CCOc1cc(F)ccc1CC(C)OC(=O)CNC(=O)c1nccc(OC)c1O.CCCOc1cc(F)ccc1CC(C)OC(=O)CNC(=O)c1nccc(OC)c1O.Oc1ccccc1.Oc1ccccc1. The van der Waals surface area contributed by atoms with Crippen molar-refractivity contribution in [1.82, 2.24) is 20.6 Å². The van der Waals surface area contributed by atoms with Crippen LogP contribution in [-0.4, -0.2) is 107 Å². The molecule has 6 aromatic rings. The lowest BCUT2D eigenvalue weighted by Crippen LogP contribution is -2.33. The van der Waals surface area contributed by atoms with E-state index >= 15 is 0 Å². The minimum Gasteiger partial charge on any atom is -0.508 e. The number of methoxy groups -OCH3 is 2. The number of phenols is 2. The highest BCUT2D eigenvalue weighted by Crippen LogP contribution is 2.29. The normalized spacial score (nSPS) is 10.7. The van der Waals surface area contributed by atoms with E-state index in [1.807, 2.05) is 19.1 Å². The number of hydrogen-bond acceptors (Lipinski definition) is 16. The minimum absolute atomic E-state index is 0. The van der Waals surface area contributed by atoms with Crippen molar-refractivity contribution in [1.29, 1.82) is 0 Å². The van der Waals surface area contributed by atoms with Gasteiger partial charge in [0, 0.05) is 49.5 Å². The number of aromatic nitrogens is 2. The predicted molar refractivity (Wildman–Crippen MR) is 275 cm³/mol. The van der Waals surface area contributed by atoms with Crippen molar-refractivity contribution in [3.05, 3.63) is 168 Å². The van der Waals surface area contributed by atoms with Crippen molar-refractivity contribution in [3.8, 4) is 46.0 Å². The van der Waals surface area contributed by atoms with E-state index in [1.165, 1.54) is 69.1 Å². The van der Waals surface area contributed by atoms with Gasteiger partial charge in [0.25, 0.3) is 11.8 Å². The fourth-order valence-corrected chi connectivity index (χ4v) is 6.12. The number of carbonyl (C=O) groups is 4. The Morgan fingerprint density at radius 3 is 1.36 bits per heavy atom. The third-order valence-electron chi connectivity index (χ3n) is 9.50. The summed E-state index contributed by atoms with van der Waals surface area (Å²) in [6.45, 7) is 8.66. The van der Waals surface area contributed by atoms with Crippen LogP contribution in [0.4, 0.5) is 8.78 Å². The number of hydrogen-bond donors (Lipinski definition) is 6. The predicted octanol–water partition coefficient (Wildman–Crippen LogP) is 8.45. The lowest BCUT2D eigenvalue weighted by atomic mass is 10.1. The number of aromatic hydroxyl groups is 4. The van der Waals surface area contributed by atoms with Gasteiger partial charge in [0.2, 0.25) is 0 Å². The lowest BCUT2D eigenvalue weighted by molar-refractivity contribution is -0.147. The van der Waals surface area contributed by atoms with Gasteiger partial charge in [-0.1, -0.05) is 75.5 Å². The third-order valence-corrected chi connectivity index (χ3v) is 9.50. The van der Waals surface area contributed by atoms with E-state index in [4.69, 9.17) is 38.6 Å². The van der Waals surface area contributed by atoms with E-state index in [-0.39, 0.29) is 43.3 Å². The van der Waals surface area contributed by atoms with Gasteiger partial charge in [-0.25, -0.2) is 18.7 Å². The average Bonchev–Trinajstić information content (AvgIpc) is 3.38. The largest absolute Gasteiger partial charge is 0.508 e. The Balaban J connectivity index is 0.000000401. The summed E-state index contributed by atoms with van der Waals surface area (Å²) in [5.41, 5.74) is 0.831. The number of benzene rings is 4. The molecule has 20 heteroatoms. The molecule has 6 N–H and O–H groups in total. The maximum absolute atomic E-state index is 13.5. The van der Waals surface area contributed by atoms with Crippen molar-refractivity contribution in [2.45, 2.75) is 59.7 Å². The van der Waals surface area contributed by atoms with Gasteiger partial charge in [0.05, 0.1) is 20.8 Å². The Kier molecular flexibility index (Phi) is 27.9. The van der Waals surface area contributed by atoms with Crippen LogP contribution in [0.3, 0.4) is 0 Å². The van der Waals surface area contributed by atoms with E-state index in [0.717, 1.165) is 6.42 Å². The highest BCUT2D eigenvalue weighted by Gasteiger charge is 2.21. The lowest BCUT2D eigenvalue weighted by Gasteiger charge is -2.16. The van der Waals surface area contributed by atoms with Crippen molar-refractivity contribution in [2.24, 2.45) is 0 Å². The van der Waals surface area contributed by atoms with Gasteiger partial charge < -0.3 is 59.5 Å². The Hall–Kier alpha value is -8.94. The molecule has 402 valence electrons. The van der Waals surface area contributed by atoms with E-state index in [0.29, 0.717) is 47.2 Å². The topological polar surface area (TPSA) is 254 Å². The number of para-hydroxylation sites is 2. The molecule has 75 heavy (non-hydrogen) atoms. The van der Waals surface area contributed by atoms with Crippen molar-refractivity contribution in [3.63, 3.8) is 0 Å². The zero-order valence-electron chi connectivity index (χ0n) is 41.5. The van der Waals surface area contributed by atoms with Crippen LogP contribution in [-0.2, 0) is 31.9 Å². The number of amides is 2. The molecule has 6 rings (SSSR count). The molecule has 0 saturated carbocycles. The number of ether oxygens (including phenoxy) is 6. The van der Waals surface area contributed by atoms with Gasteiger partial charge in [-0.2, -0.15) is 0 Å². The molecule has 0 radical (unpaired) electrons. The number of halogens is 2. The molecule has 2 aromatic heterocycles. The fourth-order valence-electron chi connectivity index (χ4n) is 6.12. The second-order valence-corrected chi connectivity index (χ2v) is 15.4. The van der Waals surface area contributed by atoms with Crippen LogP contribution in [0.5, 0.6) is 46.0 Å². The van der Waals surface area contributed by atoms with Crippen LogP contribution < -0.4 is 29.6 Å². The molecule has 18 nitrogen and oxygen atoms in total. The number of phenolic OH excluding ortho intramolecular Hbond substituents is 2. The monoisotopic (exact) mass is 1040 g/mol. The first kappa shape index (κ1) is 62.2. The molecule has 0 aliphatic rings. The first-order valence-electron chi connectivity index (χ1n) is 22.8. The molecule has 2 heterocycles. The van der Waals surface area contributed by atoms with Gasteiger partial charge in [-0.15, -0.1) is 0 Å². The van der Waals surface area contributed by atoms with E-state index < -0.39 is 72.2 Å². The van der Waals surface area contributed by atoms with E-state index in [1.54, 1.807) is 74.5 Å². The Bertz CT molecular complexity index is 2680. The summed E-state index contributed by atoms with van der Waals surface area (Å²) >= 11 is 0. The highest BCUT2D eigenvalue weighted by atomic mass is 19.1. The minimum atomic E-state index is -0.755. The van der Waals surface area contributed by atoms with Gasteiger partial charge in [-0.3, -0.25) is 19.2 Å². The zero-order valence-corrected chi connectivity index (χ0v) is 41.5. The molecule has 0 bridgehead atoms. The number of pyridine rings is 2. The van der Waals surface area contributed by atoms with Crippen LogP contribution in [0, 0.1) is 11.6 Å². The van der Waals surface area contributed by atoms with Crippen LogP contribution in [0.2, 0.25) is 0 Å². The van der Waals surface area contributed by atoms with Crippen LogP contribution >= 0.6 is 0 Å². The second kappa shape index (κ2) is 33.7. The molecule has 0 aliphatic heterocycles. The van der Waals surface area contributed by atoms with E-state index in [2.05, 4.69) is 27.2 Å². The first-order valence-corrected chi connectivity index (χ1v) is 22.8. The number of rotatable bonds is 20. The first-order chi connectivity index (χ1) is 35.5. The second-order valence-electron chi connectivity index (χ2n) is 15.4. The molecule has 4 aromatic carbocycles. The van der Waals surface area contributed by atoms with Crippen molar-refractivity contribution in [2.75, 3.05) is 40.5 Å². The molecule has 0 aliphatic carbocycles. The maximum Gasteiger partial charge on any atom is 0.325 e. The number of nitrogens with zero attached hydrogens (tertiary/aromatic N) is 2. The molecule has 0 saturated heterocycles. The maximum atomic E-state index is 13.5. The van der Waals surface area contributed by atoms with E-state index in [9.17, 15) is 38.2 Å². The number of nitrogens with one attached hydrogen (secondary N) is 2. The highest BCUT2D eigenvalue weighted by molar-refractivity contribution is 5.97. The standard InChI is InChI=1S/C21H25FN2O6.C21H23FN2O6.2C6H6O.CH4/c2*1-4-9-29-17-11-15(22)6-5-14(17)10-13(2)30-18(25)12-24-21(27)19-20(26)16(28-3)7-8-23-19;2*7-6-4-2-1-3-5-6;/h5-8,11,13,26H,4,9-10,12H2,1-3H3,(H,24,27);4-8,11,13,26H,1,9-10,12H2,2-3H3,(H,24,27);2*1-5,7H;1H4. The molecule has 0 fully saturated rings. The van der Waals surface area contributed by atoms with Crippen molar-refractivity contribution < 1.29 is 76.8 Å². The molecular weight excluding hydrogens is 979 g/mol. The molecule has 2 unspecified atom stereocenters. The van der Waals surface area contributed by atoms with Gasteiger partial charge in [0.15, 0.2) is 34.4 Å². The smallest absolute Gasteiger partial charge is 0.325 e. The van der Waals surface area contributed by atoms with Gasteiger partial charge >= 0.3 is 11.9 Å². The summed E-state index contributed by atoms with van der Waals surface area (Å²) in [6.07, 6.45) is 4.41. The van der Waals surface area contributed by atoms with Gasteiger partial charge in [0.1, 0.15) is 66.5 Å². The van der Waals surface area contributed by atoms with Crippen LogP contribution in [0.1, 0.15) is 66.7 Å². The zero-order chi connectivity index (χ0) is 54.4. The van der Waals surface area contributed by atoms with Crippen LogP contribution in [0.15, 0.2) is 134 Å². The summed E-state index contributed by atoms with van der Waals surface area (Å²) in [6, 6.07) is 28.5. The Labute approximate surface area is 434 Å². The quantitative estimate of drug-likeness (QED) is 0.0310. The Morgan fingerprint density at radius 2 is 1.01 bits per heavy atom. The average molecular weight is 1040 g/mol. The summed E-state index contributed by atoms with van der Waals surface area (Å²) < 4.78 is 58.3. The molecule has 0 spiro atoms. The summed E-state index contributed by atoms with van der Waals surface area (Å²) in [7, 11) is 2.68. The number of carbonyl (C=O) groups excluding carboxylic acids is 4. The summed E-state index contributed by atoms with van der Waals surface area (Å²) in [5, 5.41) is 41.8. The molecular formula is C55H64F2N4O14. The van der Waals surface area contributed by atoms with Crippen LogP contribution in [0.25, 0.3) is 0 Å². The summed E-state index contributed by atoms with van der Waals surface area (Å²) in [5.74, 6) is -3.00. The number of esters is 2. The molecule has 2 amide bonds.